The van der Waals surface area contributed by atoms with Crippen LogP contribution in [0.1, 0.15) is 161 Å². The highest BCUT2D eigenvalue weighted by Crippen LogP contribution is 2.14. The van der Waals surface area contributed by atoms with E-state index >= 15 is 0 Å². The van der Waals surface area contributed by atoms with Crippen LogP contribution in [-0.2, 0) is 62.1 Å². The van der Waals surface area contributed by atoms with Gasteiger partial charge in [-0.05, 0) is 38.5 Å². The molecule has 0 aromatic heterocycles. The Morgan fingerprint density at radius 1 is 0.429 bits per heavy atom. The number of carboxylic acids is 1. The number of unbranched alkanes of at least 4 members (excludes halogenated alkanes) is 14. The number of aliphatic hydroxyl groups excluding tert-OH is 1. The highest BCUT2D eigenvalue weighted by atomic mass is 16.5. The van der Waals surface area contributed by atoms with Crippen LogP contribution in [0.25, 0.3) is 0 Å². The second-order valence-electron chi connectivity index (χ2n) is 17.3. The summed E-state index contributed by atoms with van der Waals surface area (Å²) in [6.07, 6.45) is 19.2. The first-order valence-electron chi connectivity index (χ1n) is 25.7. The lowest BCUT2D eigenvalue weighted by Gasteiger charge is -2.16. The Hall–Kier alpha value is -4.57. The molecule has 0 saturated heterocycles. The fourth-order valence-electron chi connectivity index (χ4n) is 6.87. The Balaban J connectivity index is 3.81. The molecule has 0 aromatic rings. The van der Waals surface area contributed by atoms with E-state index in [4.69, 9.17) is 24.1 Å². The molecule has 0 aliphatic heterocycles. The van der Waals surface area contributed by atoms with Crippen LogP contribution in [0.2, 0.25) is 0 Å². The van der Waals surface area contributed by atoms with Crippen molar-refractivity contribution in [1.29, 1.82) is 0 Å². The summed E-state index contributed by atoms with van der Waals surface area (Å²) in [4.78, 5) is 107. The van der Waals surface area contributed by atoms with Crippen LogP contribution in [0.5, 0.6) is 0 Å². The van der Waals surface area contributed by atoms with Gasteiger partial charge in [-0.3, -0.25) is 33.6 Å². The lowest BCUT2D eigenvalue weighted by molar-refractivity contribution is -0.137. The lowest BCUT2D eigenvalue weighted by atomic mass is 10.0. The van der Waals surface area contributed by atoms with E-state index in [1.54, 1.807) is 0 Å². The molecule has 0 aliphatic carbocycles. The largest absolute Gasteiger partial charge is 0.481 e. The Morgan fingerprint density at radius 3 is 1.30 bits per heavy atom. The third kappa shape index (κ3) is 44.6. The minimum absolute atomic E-state index is 0.0245. The number of aliphatic hydroxyl groups is 1. The zero-order valence-electron chi connectivity index (χ0n) is 42.0. The van der Waals surface area contributed by atoms with E-state index < -0.39 is 35.9 Å². The molecular weight excluding hydrogens is 913 g/mol. The van der Waals surface area contributed by atoms with Gasteiger partial charge in [-0.1, -0.05) is 90.4 Å². The second-order valence-corrected chi connectivity index (χ2v) is 17.3. The maximum Gasteiger partial charge on any atom is 0.303 e. The molecular formula is C49H88N6O15. The summed E-state index contributed by atoms with van der Waals surface area (Å²) < 4.78 is 21.3. The number of aliphatic carboxylic acids is 1. The van der Waals surface area contributed by atoms with Gasteiger partial charge in [0.15, 0.2) is 0 Å². The highest BCUT2D eigenvalue weighted by Gasteiger charge is 2.18. The fraction of sp³-hybridized carbons (Fsp3) is 0.816. The summed E-state index contributed by atoms with van der Waals surface area (Å²) in [5.74, 6) is -2.67. The Morgan fingerprint density at radius 2 is 0.829 bits per heavy atom. The van der Waals surface area contributed by atoms with Gasteiger partial charge in [0.05, 0.1) is 64.4 Å². The van der Waals surface area contributed by atoms with E-state index in [0.717, 1.165) is 57.8 Å². The van der Waals surface area contributed by atoms with Crippen LogP contribution in [0, 0.1) is 0 Å². The molecule has 0 spiro atoms. The van der Waals surface area contributed by atoms with Crippen molar-refractivity contribution in [1.82, 2.24) is 31.9 Å². The Bertz CT molecular complexity index is 1430. The van der Waals surface area contributed by atoms with Crippen molar-refractivity contribution in [3.63, 3.8) is 0 Å². The summed E-state index contributed by atoms with van der Waals surface area (Å²) in [5, 5.41) is 34.1. The molecule has 0 aromatic carbocycles. The number of hydrogen-bond donors (Lipinski definition) is 8. The van der Waals surface area contributed by atoms with E-state index in [1.165, 1.54) is 44.9 Å². The van der Waals surface area contributed by atoms with E-state index in [2.05, 4.69) is 31.9 Å². The van der Waals surface area contributed by atoms with Gasteiger partial charge in [0.25, 0.3) is 0 Å². The topological polar surface area (TPSA) is 303 Å². The number of ether oxygens (including phenoxy) is 4. The smallest absolute Gasteiger partial charge is 0.303 e. The van der Waals surface area contributed by atoms with Gasteiger partial charge < -0.3 is 70.7 Å². The zero-order chi connectivity index (χ0) is 51.7. The molecule has 0 saturated carbocycles. The quantitative estimate of drug-likeness (QED) is 0.0321. The third-order valence-corrected chi connectivity index (χ3v) is 10.9. The molecule has 3 atom stereocenters. The van der Waals surface area contributed by atoms with Gasteiger partial charge in [-0.25, -0.2) is 0 Å². The van der Waals surface area contributed by atoms with Gasteiger partial charge >= 0.3 is 5.97 Å². The molecule has 404 valence electrons. The lowest BCUT2D eigenvalue weighted by Crippen LogP contribution is -2.40. The summed E-state index contributed by atoms with van der Waals surface area (Å²) in [6, 6.07) is -2.27. The van der Waals surface area contributed by atoms with Crippen molar-refractivity contribution in [2.24, 2.45) is 0 Å². The van der Waals surface area contributed by atoms with Crippen molar-refractivity contribution in [2.45, 2.75) is 179 Å². The molecule has 70 heavy (non-hydrogen) atoms. The van der Waals surface area contributed by atoms with E-state index in [1.807, 2.05) is 6.92 Å². The summed E-state index contributed by atoms with van der Waals surface area (Å²) in [7, 11) is 0. The zero-order valence-corrected chi connectivity index (χ0v) is 42.0. The number of hydrogen-bond acceptors (Lipinski definition) is 14. The molecule has 0 radical (unpaired) electrons. The number of amides is 6. The summed E-state index contributed by atoms with van der Waals surface area (Å²) in [5.41, 5.74) is 0. The van der Waals surface area contributed by atoms with Gasteiger partial charge in [0.2, 0.25) is 35.4 Å². The monoisotopic (exact) mass is 1000 g/mol. The fourth-order valence-corrected chi connectivity index (χ4v) is 6.87. The highest BCUT2D eigenvalue weighted by molar-refractivity contribution is 5.82. The first-order valence-corrected chi connectivity index (χ1v) is 25.7. The predicted molar refractivity (Wildman–Crippen MR) is 261 cm³/mol. The average Bonchev–Trinajstić information content (AvgIpc) is 3.34. The van der Waals surface area contributed by atoms with Crippen molar-refractivity contribution in [2.75, 3.05) is 79.1 Å². The predicted octanol–water partition coefficient (Wildman–Crippen LogP) is 2.71. The minimum atomic E-state index is -0.896. The number of aldehydes is 2. The van der Waals surface area contributed by atoms with Crippen LogP contribution < -0.4 is 31.9 Å². The molecule has 0 fully saturated rings. The van der Waals surface area contributed by atoms with Crippen LogP contribution in [-0.4, -0.2) is 161 Å². The van der Waals surface area contributed by atoms with Crippen LogP contribution >= 0.6 is 0 Å². The van der Waals surface area contributed by atoms with E-state index in [-0.39, 0.29) is 135 Å². The normalized spacial score (nSPS) is 12.3. The molecule has 8 N–H and O–H groups in total. The van der Waals surface area contributed by atoms with E-state index in [9.17, 15) is 48.3 Å². The molecule has 6 amide bonds. The molecule has 0 aliphatic rings. The second kappa shape index (κ2) is 48.1. The first kappa shape index (κ1) is 65.4. The van der Waals surface area contributed by atoms with Crippen LogP contribution in [0.4, 0.5) is 0 Å². The van der Waals surface area contributed by atoms with Crippen LogP contribution in [0.15, 0.2) is 0 Å². The first-order chi connectivity index (χ1) is 33.9. The third-order valence-electron chi connectivity index (χ3n) is 10.9. The SMILES string of the molecule is CCCCNC(=O)CC[C@@H](CO)NC(=O)COCCOCCNC(=O)COCCOCCNC(=O)CC[C@@H](C=O)NC(=O)CC[C@@H](C=O)NC(=O)CCCCCCCCCCCCCCCCC(=O)O. The average molecular weight is 1000 g/mol. The number of carbonyl (C=O) groups excluding carboxylic acids is 8. The van der Waals surface area contributed by atoms with Crippen molar-refractivity contribution >= 4 is 54.0 Å². The maximum absolute atomic E-state index is 12.5. The van der Waals surface area contributed by atoms with Gasteiger partial charge in [-0.15, -0.1) is 0 Å². The van der Waals surface area contributed by atoms with Gasteiger partial charge in [0.1, 0.15) is 25.8 Å². The van der Waals surface area contributed by atoms with Gasteiger partial charge in [-0.2, -0.15) is 0 Å². The maximum atomic E-state index is 12.5. The van der Waals surface area contributed by atoms with Crippen molar-refractivity contribution in [3.05, 3.63) is 0 Å². The minimum Gasteiger partial charge on any atom is -0.481 e. The standard InChI is InChI=1S/C49H88N6O15/c1-2-3-26-50-43(59)23-21-42(37-58)55-48(64)39-70-34-32-68-30-28-52-47(63)38-69-33-31-67-29-27-51-44(60)24-20-40(35-56)54-46(62)25-22-41(36-57)53-45(61)18-16-14-12-10-8-6-4-5-7-9-11-13-15-17-19-49(65)66/h35-36,40-42,58H,2-34,37-39H2,1H3,(H,50,59)(H,51,60)(H,52,63)(H,53,61)(H,54,62)(H,55,64)(H,65,66)/t40-,41-,42-/m0/s1. The number of nitrogens with one attached hydrogen (secondary N) is 6. The van der Waals surface area contributed by atoms with Crippen molar-refractivity contribution in [3.8, 4) is 0 Å². The molecule has 21 nitrogen and oxygen atoms in total. The summed E-state index contributed by atoms with van der Waals surface area (Å²) in [6.45, 7) is 3.40. The number of rotatable bonds is 51. The van der Waals surface area contributed by atoms with Crippen molar-refractivity contribution < 1.29 is 72.3 Å². The number of carbonyl (C=O) groups is 9. The van der Waals surface area contributed by atoms with Gasteiger partial charge in [0, 0.05) is 51.7 Å². The number of carboxylic acid groups (broad SMARTS) is 1. The summed E-state index contributed by atoms with van der Waals surface area (Å²) >= 11 is 0. The Kier molecular flexibility index (Phi) is 44.9. The molecule has 21 heteroatoms. The molecule has 0 heterocycles. The molecule has 0 bridgehead atoms. The van der Waals surface area contributed by atoms with Crippen LogP contribution in [0.3, 0.4) is 0 Å². The molecule has 0 rings (SSSR count). The molecule has 0 unspecified atom stereocenters. The Labute approximate surface area is 415 Å². The van der Waals surface area contributed by atoms with E-state index in [0.29, 0.717) is 32.0 Å².